The van der Waals surface area contributed by atoms with Gasteiger partial charge in [0.1, 0.15) is 6.33 Å². The molecule has 1 amide bonds. The van der Waals surface area contributed by atoms with Crippen LogP contribution < -0.4 is 0 Å². The number of rotatable bonds is 6. The average Bonchev–Trinajstić information content (AvgIpc) is 2.38. The molecule has 17 heavy (non-hydrogen) atoms. The van der Waals surface area contributed by atoms with E-state index < -0.39 is 0 Å². The molecule has 94 valence electrons. The van der Waals surface area contributed by atoms with Crippen molar-refractivity contribution in [2.75, 3.05) is 18.6 Å². The van der Waals surface area contributed by atoms with Crippen LogP contribution in [0, 0.1) is 0 Å². The second kappa shape index (κ2) is 7.27. The van der Waals surface area contributed by atoms with Gasteiger partial charge in [-0.05, 0) is 18.7 Å². The summed E-state index contributed by atoms with van der Waals surface area (Å²) < 4.78 is 0. The summed E-state index contributed by atoms with van der Waals surface area (Å²) >= 11 is 1.79. The fourth-order valence-electron chi connectivity index (χ4n) is 1.44. The minimum atomic E-state index is -0.00266. The van der Waals surface area contributed by atoms with Crippen molar-refractivity contribution in [2.45, 2.75) is 26.3 Å². The number of carbonyl (C=O) groups is 1. The molecule has 0 spiro atoms. The number of nitrogens with zero attached hydrogens (tertiary/aromatic N) is 3. The third kappa shape index (κ3) is 4.34. The Morgan fingerprint density at radius 3 is 2.94 bits per heavy atom. The van der Waals surface area contributed by atoms with Crippen LogP contribution in [0.1, 0.15) is 32.0 Å². The minimum absolute atomic E-state index is 0.00266. The highest BCUT2D eigenvalue weighted by Gasteiger charge is 2.17. The van der Waals surface area contributed by atoms with Crippen molar-refractivity contribution in [3.05, 3.63) is 24.3 Å². The van der Waals surface area contributed by atoms with Crippen LogP contribution in [0.15, 0.2) is 18.6 Å². The predicted octanol–water partition coefficient (Wildman–Crippen LogP) is 2.14. The van der Waals surface area contributed by atoms with Crippen LogP contribution in [-0.4, -0.2) is 39.3 Å². The lowest BCUT2D eigenvalue weighted by Crippen LogP contribution is -2.30. The molecule has 1 aromatic rings. The number of aromatic nitrogens is 2. The molecule has 0 aliphatic carbocycles. The van der Waals surface area contributed by atoms with Crippen LogP contribution in [0.4, 0.5) is 0 Å². The summed E-state index contributed by atoms with van der Waals surface area (Å²) in [5, 5.41) is 0. The van der Waals surface area contributed by atoms with E-state index >= 15 is 0 Å². The van der Waals surface area contributed by atoms with E-state index in [2.05, 4.69) is 16.9 Å². The summed E-state index contributed by atoms with van der Waals surface area (Å²) in [4.78, 5) is 21.7. The summed E-state index contributed by atoms with van der Waals surface area (Å²) in [6.45, 7) is 4.08. The Kier molecular flexibility index (Phi) is 5.97. The molecule has 1 rings (SSSR count). The maximum absolute atomic E-state index is 11.9. The van der Waals surface area contributed by atoms with Gasteiger partial charge in [0, 0.05) is 25.4 Å². The fourth-order valence-corrected chi connectivity index (χ4v) is 2.05. The van der Waals surface area contributed by atoms with Gasteiger partial charge in [-0.25, -0.2) is 9.97 Å². The van der Waals surface area contributed by atoms with Crippen molar-refractivity contribution in [3.8, 4) is 0 Å². The maximum Gasteiger partial charge on any atom is 0.223 e. The molecular weight excluding hydrogens is 234 g/mol. The molecule has 1 unspecified atom stereocenters. The quantitative estimate of drug-likeness (QED) is 0.729. The zero-order valence-corrected chi connectivity index (χ0v) is 11.4. The van der Waals surface area contributed by atoms with E-state index in [1.54, 1.807) is 22.9 Å². The molecule has 1 heterocycles. The van der Waals surface area contributed by atoms with E-state index in [4.69, 9.17) is 0 Å². The predicted molar refractivity (Wildman–Crippen MR) is 70.8 cm³/mol. The highest BCUT2D eigenvalue weighted by atomic mass is 32.2. The van der Waals surface area contributed by atoms with Crippen LogP contribution in [0.2, 0.25) is 0 Å². The van der Waals surface area contributed by atoms with Gasteiger partial charge in [0.15, 0.2) is 0 Å². The molecule has 0 fully saturated rings. The van der Waals surface area contributed by atoms with Crippen LogP contribution in [-0.2, 0) is 4.79 Å². The average molecular weight is 253 g/mol. The lowest BCUT2D eigenvalue weighted by Gasteiger charge is -2.24. The normalized spacial score (nSPS) is 12.2. The van der Waals surface area contributed by atoms with Gasteiger partial charge in [0.2, 0.25) is 5.91 Å². The monoisotopic (exact) mass is 253 g/mol. The third-order valence-corrected chi connectivity index (χ3v) is 3.57. The summed E-state index contributed by atoms with van der Waals surface area (Å²) in [5.41, 5.74) is 0.874. The Hall–Kier alpha value is -1.10. The van der Waals surface area contributed by atoms with Crippen LogP contribution >= 0.6 is 11.8 Å². The van der Waals surface area contributed by atoms with E-state index in [1.807, 2.05) is 20.0 Å². The molecule has 0 N–H and O–H groups in total. The minimum Gasteiger partial charge on any atom is -0.337 e. The number of hydrogen-bond donors (Lipinski definition) is 0. The summed E-state index contributed by atoms with van der Waals surface area (Å²) in [5.74, 6) is 2.10. The Balaban J connectivity index is 2.51. The number of thioether (sulfide) groups is 1. The first-order valence-corrected chi connectivity index (χ1v) is 6.91. The zero-order valence-electron chi connectivity index (χ0n) is 10.6. The zero-order chi connectivity index (χ0) is 12.7. The third-order valence-electron chi connectivity index (χ3n) is 2.67. The largest absolute Gasteiger partial charge is 0.337 e. The lowest BCUT2D eigenvalue weighted by molar-refractivity contribution is -0.131. The molecule has 4 nitrogen and oxygen atoms in total. The van der Waals surface area contributed by atoms with Gasteiger partial charge in [-0.2, -0.15) is 11.8 Å². The molecule has 0 saturated heterocycles. The number of amides is 1. The Bertz CT molecular complexity index is 345. The SMILES string of the molecule is CCSCCC(=O)N(C)C(C)c1ccncn1. The Morgan fingerprint density at radius 2 is 2.35 bits per heavy atom. The van der Waals surface area contributed by atoms with Crippen molar-refractivity contribution in [1.82, 2.24) is 14.9 Å². The van der Waals surface area contributed by atoms with Crippen molar-refractivity contribution >= 4 is 17.7 Å². The van der Waals surface area contributed by atoms with Crippen LogP contribution in [0.3, 0.4) is 0 Å². The first-order valence-electron chi connectivity index (χ1n) is 5.76. The molecule has 0 saturated carbocycles. The lowest BCUT2D eigenvalue weighted by atomic mass is 10.2. The van der Waals surface area contributed by atoms with E-state index in [-0.39, 0.29) is 11.9 Å². The standard InChI is InChI=1S/C12H19N3OS/c1-4-17-8-6-12(16)15(3)10(2)11-5-7-13-9-14-11/h5,7,9-10H,4,6,8H2,1-3H3. The molecular formula is C12H19N3OS. The summed E-state index contributed by atoms with van der Waals surface area (Å²) in [6.07, 6.45) is 3.80. The van der Waals surface area contributed by atoms with Gasteiger partial charge in [-0.3, -0.25) is 4.79 Å². The van der Waals surface area contributed by atoms with Gasteiger partial charge >= 0.3 is 0 Å². The summed E-state index contributed by atoms with van der Waals surface area (Å²) in [6, 6.07) is 1.84. The topological polar surface area (TPSA) is 46.1 Å². The van der Waals surface area contributed by atoms with Crippen molar-refractivity contribution < 1.29 is 4.79 Å². The molecule has 0 aliphatic heterocycles. The molecule has 0 bridgehead atoms. The molecule has 5 heteroatoms. The molecule has 0 radical (unpaired) electrons. The highest BCUT2D eigenvalue weighted by Crippen LogP contribution is 2.16. The van der Waals surface area contributed by atoms with Crippen molar-refractivity contribution in [1.29, 1.82) is 0 Å². The second-order valence-corrected chi connectivity index (χ2v) is 5.16. The molecule has 0 aliphatic rings. The van der Waals surface area contributed by atoms with E-state index in [0.717, 1.165) is 17.2 Å². The van der Waals surface area contributed by atoms with E-state index in [1.165, 1.54) is 6.33 Å². The maximum atomic E-state index is 11.9. The summed E-state index contributed by atoms with van der Waals surface area (Å²) in [7, 11) is 1.83. The van der Waals surface area contributed by atoms with Crippen LogP contribution in [0.5, 0.6) is 0 Å². The van der Waals surface area contributed by atoms with Gasteiger partial charge < -0.3 is 4.90 Å². The smallest absolute Gasteiger partial charge is 0.223 e. The molecule has 1 atom stereocenters. The van der Waals surface area contributed by atoms with Gasteiger partial charge in [0.05, 0.1) is 11.7 Å². The molecule has 1 aromatic heterocycles. The highest BCUT2D eigenvalue weighted by molar-refractivity contribution is 7.99. The first kappa shape index (κ1) is 14.0. The second-order valence-electron chi connectivity index (χ2n) is 3.76. The van der Waals surface area contributed by atoms with Gasteiger partial charge in [-0.15, -0.1) is 0 Å². The number of hydrogen-bond acceptors (Lipinski definition) is 4. The Morgan fingerprint density at radius 1 is 1.59 bits per heavy atom. The van der Waals surface area contributed by atoms with Crippen molar-refractivity contribution in [2.24, 2.45) is 0 Å². The van der Waals surface area contributed by atoms with E-state index in [9.17, 15) is 4.79 Å². The van der Waals surface area contributed by atoms with Gasteiger partial charge in [0.25, 0.3) is 0 Å². The van der Waals surface area contributed by atoms with E-state index in [0.29, 0.717) is 6.42 Å². The Labute approximate surface area is 107 Å². The molecule has 0 aromatic carbocycles. The van der Waals surface area contributed by atoms with Gasteiger partial charge in [-0.1, -0.05) is 6.92 Å². The first-order chi connectivity index (χ1) is 8.16. The van der Waals surface area contributed by atoms with Crippen LogP contribution in [0.25, 0.3) is 0 Å². The fraction of sp³-hybridized carbons (Fsp3) is 0.583. The number of carbonyl (C=O) groups excluding carboxylic acids is 1. The van der Waals surface area contributed by atoms with Crippen molar-refractivity contribution in [3.63, 3.8) is 0 Å².